The standard InChI is InChI=1S/C14H20FNO2/c1-11(12-7-4-5-8-13(12)15)16(2)10-6-9-14(17)18-3/h4-5,7-8,11H,6,9-10H2,1-3H3. The van der Waals surface area contributed by atoms with Crippen molar-refractivity contribution in [3.05, 3.63) is 35.6 Å². The first kappa shape index (κ1) is 14.6. The lowest BCUT2D eigenvalue weighted by Crippen LogP contribution is -2.24. The molecule has 1 aromatic rings. The van der Waals surface area contributed by atoms with E-state index in [-0.39, 0.29) is 17.8 Å². The minimum atomic E-state index is -0.207. The molecule has 0 aromatic heterocycles. The smallest absolute Gasteiger partial charge is 0.305 e. The molecule has 0 aliphatic heterocycles. The van der Waals surface area contributed by atoms with Crippen molar-refractivity contribution < 1.29 is 13.9 Å². The highest BCUT2D eigenvalue weighted by atomic mass is 19.1. The van der Waals surface area contributed by atoms with E-state index in [1.165, 1.54) is 13.2 Å². The second-order valence-electron chi connectivity index (χ2n) is 4.36. The van der Waals surface area contributed by atoms with E-state index in [0.29, 0.717) is 18.4 Å². The number of benzene rings is 1. The quantitative estimate of drug-likeness (QED) is 0.730. The van der Waals surface area contributed by atoms with Gasteiger partial charge in [-0.3, -0.25) is 9.69 Å². The van der Waals surface area contributed by atoms with Gasteiger partial charge >= 0.3 is 5.97 Å². The Morgan fingerprint density at radius 1 is 1.44 bits per heavy atom. The van der Waals surface area contributed by atoms with Crippen LogP contribution in [0.3, 0.4) is 0 Å². The van der Waals surface area contributed by atoms with Gasteiger partial charge in [0.15, 0.2) is 0 Å². The van der Waals surface area contributed by atoms with Crippen LogP contribution >= 0.6 is 0 Å². The van der Waals surface area contributed by atoms with Crippen LogP contribution in [0.25, 0.3) is 0 Å². The van der Waals surface area contributed by atoms with Gasteiger partial charge in [0.05, 0.1) is 7.11 Å². The highest BCUT2D eigenvalue weighted by Crippen LogP contribution is 2.21. The van der Waals surface area contributed by atoms with E-state index in [1.54, 1.807) is 12.1 Å². The summed E-state index contributed by atoms with van der Waals surface area (Å²) < 4.78 is 18.2. The molecule has 0 heterocycles. The van der Waals surface area contributed by atoms with Gasteiger partial charge in [0.1, 0.15) is 5.82 Å². The number of ether oxygens (including phenoxy) is 1. The second-order valence-corrected chi connectivity index (χ2v) is 4.36. The zero-order chi connectivity index (χ0) is 13.5. The van der Waals surface area contributed by atoms with Gasteiger partial charge in [-0.1, -0.05) is 18.2 Å². The minimum Gasteiger partial charge on any atom is -0.469 e. The number of nitrogens with zero attached hydrogens (tertiary/aromatic N) is 1. The lowest BCUT2D eigenvalue weighted by molar-refractivity contribution is -0.140. The molecule has 1 unspecified atom stereocenters. The third kappa shape index (κ3) is 4.11. The molecular weight excluding hydrogens is 233 g/mol. The van der Waals surface area contributed by atoms with Crippen molar-refractivity contribution in [1.29, 1.82) is 0 Å². The zero-order valence-corrected chi connectivity index (χ0v) is 11.1. The van der Waals surface area contributed by atoms with Crippen molar-refractivity contribution in [2.75, 3.05) is 20.7 Å². The molecule has 0 spiro atoms. The van der Waals surface area contributed by atoms with Gasteiger partial charge in [-0.05, 0) is 33.0 Å². The molecule has 0 N–H and O–H groups in total. The highest BCUT2D eigenvalue weighted by Gasteiger charge is 2.15. The average Bonchev–Trinajstić information content (AvgIpc) is 2.38. The topological polar surface area (TPSA) is 29.5 Å². The van der Waals surface area contributed by atoms with E-state index in [1.807, 2.05) is 24.9 Å². The number of carbonyl (C=O) groups is 1. The van der Waals surface area contributed by atoms with Crippen LogP contribution < -0.4 is 0 Å². The SMILES string of the molecule is COC(=O)CCCN(C)C(C)c1ccccc1F. The summed E-state index contributed by atoms with van der Waals surface area (Å²) in [5.74, 6) is -0.397. The summed E-state index contributed by atoms with van der Waals surface area (Å²) in [6.45, 7) is 2.68. The van der Waals surface area contributed by atoms with Gasteiger partial charge in [0.2, 0.25) is 0 Å². The maximum absolute atomic E-state index is 13.6. The van der Waals surface area contributed by atoms with Gasteiger partial charge in [-0.25, -0.2) is 4.39 Å². The Balaban J connectivity index is 2.49. The lowest BCUT2D eigenvalue weighted by atomic mass is 10.1. The van der Waals surface area contributed by atoms with Gasteiger partial charge in [0.25, 0.3) is 0 Å². The Bertz CT molecular complexity index is 395. The first-order valence-corrected chi connectivity index (χ1v) is 6.07. The zero-order valence-electron chi connectivity index (χ0n) is 11.1. The van der Waals surface area contributed by atoms with Crippen molar-refractivity contribution >= 4 is 5.97 Å². The first-order chi connectivity index (χ1) is 8.56. The molecule has 0 aliphatic carbocycles. The summed E-state index contributed by atoms with van der Waals surface area (Å²) in [7, 11) is 3.31. The molecule has 0 saturated carbocycles. The fraction of sp³-hybridized carbons (Fsp3) is 0.500. The highest BCUT2D eigenvalue weighted by molar-refractivity contribution is 5.69. The van der Waals surface area contributed by atoms with Crippen LogP contribution in [0.5, 0.6) is 0 Å². The van der Waals surface area contributed by atoms with E-state index in [0.717, 1.165) is 6.54 Å². The normalized spacial score (nSPS) is 12.5. The molecule has 18 heavy (non-hydrogen) atoms. The van der Waals surface area contributed by atoms with Gasteiger partial charge in [-0.15, -0.1) is 0 Å². The van der Waals surface area contributed by atoms with Gasteiger partial charge in [0, 0.05) is 18.0 Å². The molecule has 3 nitrogen and oxygen atoms in total. The molecule has 0 fully saturated rings. The van der Waals surface area contributed by atoms with Gasteiger partial charge < -0.3 is 4.74 Å². The molecule has 1 rings (SSSR count). The second kappa shape index (κ2) is 7.11. The number of hydrogen-bond acceptors (Lipinski definition) is 3. The predicted octanol–water partition coefficient (Wildman–Crippen LogP) is 2.77. The summed E-state index contributed by atoms with van der Waals surface area (Å²) in [6, 6.07) is 6.76. The van der Waals surface area contributed by atoms with Crippen molar-refractivity contribution in [2.45, 2.75) is 25.8 Å². The summed E-state index contributed by atoms with van der Waals surface area (Å²) in [4.78, 5) is 13.0. The molecule has 100 valence electrons. The number of hydrogen-bond donors (Lipinski definition) is 0. The minimum absolute atomic E-state index is 0.0103. The maximum atomic E-state index is 13.6. The van der Waals surface area contributed by atoms with Crippen molar-refractivity contribution in [2.24, 2.45) is 0 Å². The maximum Gasteiger partial charge on any atom is 0.305 e. The Kier molecular flexibility index (Phi) is 5.78. The van der Waals surface area contributed by atoms with Crippen LogP contribution in [-0.4, -0.2) is 31.6 Å². The fourth-order valence-corrected chi connectivity index (χ4v) is 1.82. The Labute approximate surface area is 108 Å². The molecular formula is C14H20FNO2. The van der Waals surface area contributed by atoms with E-state index >= 15 is 0 Å². The summed E-state index contributed by atoms with van der Waals surface area (Å²) in [5, 5.41) is 0. The Hall–Kier alpha value is -1.42. The number of esters is 1. The average molecular weight is 253 g/mol. The molecule has 0 amide bonds. The van der Waals surface area contributed by atoms with Crippen molar-refractivity contribution in [3.63, 3.8) is 0 Å². The van der Waals surface area contributed by atoms with Crippen LogP contribution in [0.2, 0.25) is 0 Å². The van der Waals surface area contributed by atoms with E-state index in [4.69, 9.17) is 0 Å². The van der Waals surface area contributed by atoms with Crippen molar-refractivity contribution in [3.8, 4) is 0 Å². The van der Waals surface area contributed by atoms with Crippen LogP contribution in [0, 0.1) is 5.82 Å². The van der Waals surface area contributed by atoms with Crippen LogP contribution in [-0.2, 0) is 9.53 Å². The fourth-order valence-electron chi connectivity index (χ4n) is 1.82. The lowest BCUT2D eigenvalue weighted by Gasteiger charge is -2.25. The molecule has 4 heteroatoms. The van der Waals surface area contributed by atoms with Crippen LogP contribution in [0.1, 0.15) is 31.4 Å². The monoisotopic (exact) mass is 253 g/mol. The summed E-state index contributed by atoms with van der Waals surface area (Å²) in [6.07, 6.45) is 1.10. The number of carbonyl (C=O) groups excluding carboxylic acids is 1. The van der Waals surface area contributed by atoms with E-state index in [9.17, 15) is 9.18 Å². The van der Waals surface area contributed by atoms with Crippen LogP contribution in [0.4, 0.5) is 4.39 Å². The molecule has 1 atom stereocenters. The summed E-state index contributed by atoms with van der Waals surface area (Å²) in [5.41, 5.74) is 0.679. The predicted molar refractivity (Wildman–Crippen MR) is 68.7 cm³/mol. The molecule has 0 bridgehead atoms. The van der Waals surface area contributed by atoms with Gasteiger partial charge in [-0.2, -0.15) is 0 Å². The first-order valence-electron chi connectivity index (χ1n) is 6.07. The molecule has 0 aliphatic rings. The Morgan fingerprint density at radius 3 is 2.72 bits per heavy atom. The van der Waals surface area contributed by atoms with Crippen molar-refractivity contribution in [1.82, 2.24) is 4.90 Å². The largest absolute Gasteiger partial charge is 0.469 e. The van der Waals surface area contributed by atoms with E-state index in [2.05, 4.69) is 4.74 Å². The third-order valence-electron chi connectivity index (χ3n) is 3.14. The summed E-state index contributed by atoms with van der Waals surface area (Å²) >= 11 is 0. The molecule has 0 saturated heterocycles. The third-order valence-corrected chi connectivity index (χ3v) is 3.14. The molecule has 1 aromatic carbocycles. The Morgan fingerprint density at radius 2 is 2.11 bits per heavy atom. The molecule has 0 radical (unpaired) electrons. The number of rotatable bonds is 6. The number of methoxy groups -OCH3 is 1. The number of halogens is 1. The van der Waals surface area contributed by atoms with Crippen LogP contribution in [0.15, 0.2) is 24.3 Å². The van der Waals surface area contributed by atoms with E-state index < -0.39 is 0 Å².